The summed E-state index contributed by atoms with van der Waals surface area (Å²) in [5.74, 6) is 0.732. The number of halogens is 1. The molecule has 0 aliphatic heterocycles. The fourth-order valence-corrected chi connectivity index (χ4v) is 4.32. The van der Waals surface area contributed by atoms with Crippen molar-refractivity contribution in [3.05, 3.63) is 101 Å². The van der Waals surface area contributed by atoms with Crippen molar-refractivity contribution < 1.29 is 18.7 Å². The normalized spacial score (nSPS) is 10.8. The van der Waals surface area contributed by atoms with Gasteiger partial charge in [-0.25, -0.2) is 4.39 Å². The van der Waals surface area contributed by atoms with E-state index in [4.69, 9.17) is 14.9 Å². The zero-order chi connectivity index (χ0) is 26.5. The molecule has 4 rings (SSSR count). The number of amides is 1. The minimum atomic E-state index is -0.306. The van der Waals surface area contributed by atoms with Crippen LogP contribution in [0.1, 0.15) is 34.0 Å². The van der Waals surface area contributed by atoms with Gasteiger partial charge >= 0.3 is 0 Å². The number of carbonyl (C=O) groups is 1. The van der Waals surface area contributed by atoms with E-state index in [2.05, 4.69) is 5.32 Å². The number of hydrogen-bond donors (Lipinski definition) is 2. The molecule has 0 fully saturated rings. The average Bonchev–Trinajstić information content (AvgIpc) is 3.25. The van der Waals surface area contributed by atoms with Crippen LogP contribution in [0.2, 0.25) is 0 Å². The number of carbonyl (C=O) groups excluding carboxylic acids is 1. The highest BCUT2D eigenvalue weighted by atomic mass is 19.1. The lowest BCUT2D eigenvalue weighted by Gasteiger charge is -2.14. The number of ether oxygens (including phenoxy) is 2. The molecule has 192 valence electrons. The molecule has 0 radical (unpaired) electrons. The van der Waals surface area contributed by atoms with Crippen molar-refractivity contribution in [1.29, 1.82) is 5.41 Å². The van der Waals surface area contributed by atoms with Crippen LogP contribution in [0, 0.1) is 18.2 Å². The second-order valence-corrected chi connectivity index (χ2v) is 8.82. The van der Waals surface area contributed by atoms with Crippen LogP contribution in [0.5, 0.6) is 11.5 Å². The molecule has 7 nitrogen and oxygen atoms in total. The fraction of sp³-hybridized carbons (Fsp3) is 0.241. The van der Waals surface area contributed by atoms with Gasteiger partial charge in [-0.05, 0) is 84.1 Å². The summed E-state index contributed by atoms with van der Waals surface area (Å²) in [6.45, 7) is 5.24. The minimum absolute atomic E-state index is 0.244. The highest BCUT2D eigenvalue weighted by Gasteiger charge is 2.13. The maximum atomic E-state index is 13.8. The van der Waals surface area contributed by atoms with Crippen LogP contribution >= 0.6 is 0 Å². The van der Waals surface area contributed by atoms with Gasteiger partial charge in [-0.1, -0.05) is 6.07 Å². The zero-order valence-electron chi connectivity index (χ0n) is 21.5. The van der Waals surface area contributed by atoms with Crippen molar-refractivity contribution in [3.63, 3.8) is 0 Å². The minimum Gasteiger partial charge on any atom is -0.497 e. The third-order valence-electron chi connectivity index (χ3n) is 6.28. The van der Waals surface area contributed by atoms with Crippen LogP contribution in [0.15, 0.2) is 67.0 Å². The quantitative estimate of drug-likeness (QED) is 0.342. The number of imidazole rings is 1. The lowest BCUT2D eigenvalue weighted by molar-refractivity contribution is 0.0950. The summed E-state index contributed by atoms with van der Waals surface area (Å²) in [7, 11) is 3.16. The lowest BCUT2D eigenvalue weighted by Crippen LogP contribution is -2.25. The molecule has 3 aromatic carbocycles. The first-order valence-electron chi connectivity index (χ1n) is 12.0. The predicted molar refractivity (Wildman–Crippen MR) is 140 cm³/mol. The average molecular weight is 503 g/mol. The van der Waals surface area contributed by atoms with Gasteiger partial charge in [0.15, 0.2) is 0 Å². The monoisotopic (exact) mass is 502 g/mol. The smallest absolute Gasteiger partial charge is 0.251 e. The van der Waals surface area contributed by atoms with Crippen molar-refractivity contribution in [3.8, 4) is 22.6 Å². The molecule has 0 unspecified atom stereocenters. The second-order valence-electron chi connectivity index (χ2n) is 8.82. The number of aryl methyl sites for hydroxylation is 2. The standard InChI is InChI=1S/C29H31FN4O3/c1-5-33-8-9-34(29(33)31)18-21-11-22(27-7-6-24(30)10-19(27)2)15-23(12-21)28(35)32-17-20-13-25(36-3)16-26(14-20)37-4/h6-16,31H,5,17-18H2,1-4H3,(H,32,35). The Morgan fingerprint density at radius 1 is 0.946 bits per heavy atom. The van der Waals surface area contributed by atoms with E-state index in [0.29, 0.717) is 35.8 Å². The van der Waals surface area contributed by atoms with E-state index in [0.717, 1.165) is 27.8 Å². The van der Waals surface area contributed by atoms with Crippen LogP contribution < -0.4 is 20.4 Å². The molecule has 0 spiro atoms. The molecule has 0 bridgehead atoms. The van der Waals surface area contributed by atoms with E-state index in [1.807, 2.05) is 65.7 Å². The lowest BCUT2D eigenvalue weighted by atomic mass is 9.96. The SMILES string of the molecule is CCn1ccn(Cc2cc(C(=O)NCc3cc(OC)cc(OC)c3)cc(-c3ccc(F)cc3C)c2)c1=N. The summed E-state index contributed by atoms with van der Waals surface area (Å²) in [4.78, 5) is 13.3. The number of rotatable bonds is 9. The largest absolute Gasteiger partial charge is 0.497 e. The number of hydrogen-bond acceptors (Lipinski definition) is 4. The molecule has 8 heteroatoms. The Bertz CT molecular complexity index is 1470. The van der Waals surface area contributed by atoms with Crippen molar-refractivity contribution in [2.45, 2.75) is 33.5 Å². The van der Waals surface area contributed by atoms with Gasteiger partial charge in [0.1, 0.15) is 17.3 Å². The first kappa shape index (κ1) is 25.8. The van der Waals surface area contributed by atoms with Crippen LogP contribution in [-0.4, -0.2) is 29.3 Å². The van der Waals surface area contributed by atoms with Crippen molar-refractivity contribution in [1.82, 2.24) is 14.5 Å². The number of methoxy groups -OCH3 is 2. The van der Waals surface area contributed by atoms with Crippen molar-refractivity contribution in [2.75, 3.05) is 14.2 Å². The molecule has 2 N–H and O–H groups in total. The van der Waals surface area contributed by atoms with Crippen molar-refractivity contribution >= 4 is 5.91 Å². The summed E-state index contributed by atoms with van der Waals surface area (Å²) in [6, 6.07) is 15.7. The maximum absolute atomic E-state index is 13.8. The Morgan fingerprint density at radius 2 is 1.65 bits per heavy atom. The summed E-state index contributed by atoms with van der Waals surface area (Å²) < 4.78 is 28.1. The summed E-state index contributed by atoms with van der Waals surface area (Å²) in [6.07, 6.45) is 3.73. The maximum Gasteiger partial charge on any atom is 0.251 e. The molecule has 0 atom stereocenters. The molecule has 0 aliphatic rings. The van der Waals surface area contributed by atoms with Gasteiger partial charge in [0, 0.05) is 37.1 Å². The molecule has 0 aliphatic carbocycles. The fourth-order valence-electron chi connectivity index (χ4n) is 4.32. The van der Waals surface area contributed by atoms with Gasteiger partial charge in [0.25, 0.3) is 5.91 Å². The molecule has 4 aromatic rings. The van der Waals surface area contributed by atoms with E-state index in [9.17, 15) is 9.18 Å². The van der Waals surface area contributed by atoms with E-state index in [-0.39, 0.29) is 18.3 Å². The number of nitrogens with zero attached hydrogens (tertiary/aromatic N) is 2. The molecular formula is C29H31FN4O3. The Labute approximate surface area is 215 Å². The number of nitrogens with one attached hydrogen (secondary N) is 2. The predicted octanol–water partition coefficient (Wildman–Crippen LogP) is 4.90. The van der Waals surface area contributed by atoms with Crippen LogP contribution in [0.3, 0.4) is 0 Å². The Hall–Kier alpha value is -4.33. The molecule has 1 aromatic heterocycles. The second kappa shape index (κ2) is 11.2. The molecule has 1 heterocycles. The first-order valence-corrected chi connectivity index (χ1v) is 12.0. The Morgan fingerprint density at radius 3 is 2.27 bits per heavy atom. The van der Waals surface area contributed by atoms with Crippen molar-refractivity contribution in [2.24, 2.45) is 0 Å². The van der Waals surface area contributed by atoms with Gasteiger partial charge in [0.2, 0.25) is 5.62 Å². The van der Waals surface area contributed by atoms with Gasteiger partial charge in [-0.2, -0.15) is 0 Å². The summed E-state index contributed by atoms with van der Waals surface area (Å²) in [5, 5.41) is 11.4. The Kier molecular flexibility index (Phi) is 7.77. The highest BCUT2D eigenvalue weighted by molar-refractivity contribution is 5.95. The molecule has 1 amide bonds. The third kappa shape index (κ3) is 5.91. The highest BCUT2D eigenvalue weighted by Crippen LogP contribution is 2.27. The molecule has 0 saturated carbocycles. The van der Waals surface area contributed by atoms with Crippen LogP contribution in [-0.2, 0) is 19.6 Å². The van der Waals surface area contributed by atoms with Crippen LogP contribution in [0.4, 0.5) is 4.39 Å². The zero-order valence-corrected chi connectivity index (χ0v) is 21.5. The number of aromatic nitrogens is 2. The van der Waals surface area contributed by atoms with Crippen LogP contribution in [0.25, 0.3) is 11.1 Å². The van der Waals surface area contributed by atoms with E-state index >= 15 is 0 Å². The molecular weight excluding hydrogens is 471 g/mol. The van der Waals surface area contributed by atoms with E-state index < -0.39 is 0 Å². The van der Waals surface area contributed by atoms with Gasteiger partial charge < -0.3 is 23.9 Å². The molecule has 37 heavy (non-hydrogen) atoms. The van der Waals surface area contributed by atoms with Gasteiger partial charge in [-0.3, -0.25) is 10.2 Å². The molecule has 0 saturated heterocycles. The van der Waals surface area contributed by atoms with E-state index in [1.165, 1.54) is 12.1 Å². The summed E-state index contributed by atoms with van der Waals surface area (Å²) in [5.41, 5.74) is 4.99. The van der Waals surface area contributed by atoms with Gasteiger partial charge in [0.05, 0.1) is 20.8 Å². The first-order chi connectivity index (χ1) is 17.8. The number of benzene rings is 3. The summed E-state index contributed by atoms with van der Waals surface area (Å²) >= 11 is 0. The third-order valence-corrected chi connectivity index (χ3v) is 6.28. The topological polar surface area (TPSA) is 81.3 Å². The van der Waals surface area contributed by atoms with Gasteiger partial charge in [-0.15, -0.1) is 0 Å². The van der Waals surface area contributed by atoms with E-state index in [1.54, 1.807) is 26.4 Å². The Balaban J connectivity index is 1.67.